The summed E-state index contributed by atoms with van der Waals surface area (Å²) in [5.41, 5.74) is -0.470. The minimum atomic E-state index is -3.98. The first kappa shape index (κ1) is 17.6. The first-order chi connectivity index (χ1) is 9.35. The molecule has 118 valence electrons. The van der Waals surface area contributed by atoms with Crippen molar-refractivity contribution in [3.63, 3.8) is 0 Å². The summed E-state index contributed by atoms with van der Waals surface area (Å²) in [6, 6.07) is 0. The van der Waals surface area contributed by atoms with Gasteiger partial charge in [-0.3, -0.25) is 0 Å². The minimum absolute atomic E-state index is 0.185. The van der Waals surface area contributed by atoms with E-state index in [0.29, 0.717) is 25.7 Å². The summed E-state index contributed by atoms with van der Waals surface area (Å²) in [6.45, 7) is 1.68. The number of alkyl halides is 2. The number of carbonyl (C=O) groups is 1. The average Bonchev–Trinajstić information content (AvgIpc) is 2.42. The Hall–Kier alpha value is -0.480. The van der Waals surface area contributed by atoms with E-state index in [1.54, 1.807) is 0 Å². The SMILES string of the molecule is CCC1(COC(=O)C(F)(F)SOOO)CCCC(O)C1. The Morgan fingerprint density at radius 2 is 2.25 bits per heavy atom. The Bertz CT molecular complexity index is 330. The fourth-order valence-electron chi connectivity index (χ4n) is 2.37. The fraction of sp³-hybridized carbons (Fsp3) is 0.909. The molecule has 2 N–H and O–H groups in total. The van der Waals surface area contributed by atoms with Gasteiger partial charge in [0, 0.05) is 5.41 Å². The summed E-state index contributed by atoms with van der Waals surface area (Å²) < 4.78 is 34.6. The van der Waals surface area contributed by atoms with Gasteiger partial charge >= 0.3 is 11.2 Å². The highest BCUT2D eigenvalue weighted by Crippen LogP contribution is 2.40. The maximum Gasteiger partial charge on any atom is 0.415 e. The summed E-state index contributed by atoms with van der Waals surface area (Å²) in [4.78, 5) is 11.3. The molecule has 9 heteroatoms. The number of carbonyl (C=O) groups excluding carboxylic acids is 1. The highest BCUT2D eigenvalue weighted by Gasteiger charge is 2.45. The molecular formula is C11H18F2O6S. The summed E-state index contributed by atoms with van der Waals surface area (Å²) >= 11 is -0.649. The van der Waals surface area contributed by atoms with Crippen LogP contribution in [-0.4, -0.2) is 34.3 Å². The van der Waals surface area contributed by atoms with Crippen LogP contribution >= 0.6 is 12.0 Å². The molecule has 0 heterocycles. The minimum Gasteiger partial charge on any atom is -0.460 e. The molecule has 0 amide bonds. The Kier molecular flexibility index (Phi) is 6.59. The van der Waals surface area contributed by atoms with E-state index in [0.717, 1.165) is 6.42 Å². The molecule has 2 atom stereocenters. The number of hydrogen-bond donors (Lipinski definition) is 2. The van der Waals surface area contributed by atoms with E-state index in [4.69, 9.17) is 5.26 Å². The lowest BCUT2D eigenvalue weighted by atomic mass is 9.72. The predicted molar refractivity (Wildman–Crippen MR) is 65.5 cm³/mol. The van der Waals surface area contributed by atoms with E-state index >= 15 is 0 Å². The van der Waals surface area contributed by atoms with Crippen LogP contribution in [0, 0.1) is 5.41 Å². The molecule has 0 aliphatic heterocycles. The summed E-state index contributed by atoms with van der Waals surface area (Å²) in [6.07, 6.45) is 2.69. The molecule has 1 rings (SSSR count). The number of aliphatic hydroxyl groups is 1. The first-order valence-electron chi connectivity index (χ1n) is 6.24. The number of aliphatic hydroxyl groups excluding tert-OH is 1. The van der Waals surface area contributed by atoms with E-state index in [1.165, 1.54) is 0 Å². The normalized spacial score (nSPS) is 27.4. The van der Waals surface area contributed by atoms with Crippen LogP contribution in [0.5, 0.6) is 0 Å². The van der Waals surface area contributed by atoms with Crippen molar-refractivity contribution in [3.05, 3.63) is 0 Å². The van der Waals surface area contributed by atoms with Gasteiger partial charge in [-0.25, -0.2) is 10.1 Å². The Morgan fingerprint density at radius 1 is 1.55 bits per heavy atom. The third-order valence-electron chi connectivity index (χ3n) is 3.58. The van der Waals surface area contributed by atoms with Gasteiger partial charge in [0.1, 0.15) is 12.0 Å². The van der Waals surface area contributed by atoms with E-state index in [9.17, 15) is 18.7 Å². The molecule has 0 aromatic heterocycles. The number of ether oxygens (including phenoxy) is 1. The van der Waals surface area contributed by atoms with Crippen molar-refractivity contribution < 1.29 is 38.0 Å². The van der Waals surface area contributed by atoms with Crippen LogP contribution in [0.4, 0.5) is 8.78 Å². The zero-order valence-corrected chi connectivity index (χ0v) is 11.8. The summed E-state index contributed by atoms with van der Waals surface area (Å²) in [7, 11) is 0. The lowest BCUT2D eigenvalue weighted by Crippen LogP contribution is -2.38. The molecular weight excluding hydrogens is 298 g/mol. The van der Waals surface area contributed by atoms with Crippen LogP contribution in [0.25, 0.3) is 0 Å². The second kappa shape index (κ2) is 7.51. The van der Waals surface area contributed by atoms with Gasteiger partial charge in [-0.1, -0.05) is 18.4 Å². The van der Waals surface area contributed by atoms with Gasteiger partial charge in [0.25, 0.3) is 0 Å². The maximum absolute atomic E-state index is 13.2. The molecule has 0 radical (unpaired) electrons. The highest BCUT2D eigenvalue weighted by atomic mass is 32.2. The van der Waals surface area contributed by atoms with Crippen molar-refractivity contribution >= 4 is 18.0 Å². The zero-order chi connectivity index (χ0) is 15.2. The van der Waals surface area contributed by atoms with Crippen molar-refractivity contribution in [2.75, 3.05) is 6.61 Å². The van der Waals surface area contributed by atoms with Gasteiger partial charge in [0.05, 0.1) is 12.7 Å². The van der Waals surface area contributed by atoms with Gasteiger partial charge in [-0.2, -0.15) is 8.78 Å². The van der Waals surface area contributed by atoms with Gasteiger partial charge < -0.3 is 9.84 Å². The van der Waals surface area contributed by atoms with Crippen LogP contribution in [0.1, 0.15) is 39.0 Å². The van der Waals surface area contributed by atoms with Crippen LogP contribution in [0.15, 0.2) is 0 Å². The Morgan fingerprint density at radius 3 is 2.80 bits per heavy atom. The van der Waals surface area contributed by atoms with Gasteiger partial charge in [-0.15, -0.1) is 4.33 Å². The average molecular weight is 316 g/mol. The second-order valence-corrected chi connectivity index (χ2v) is 5.74. The standard InChI is InChI=1S/C11H18F2O6S/c1-2-10(5-3-4-8(14)6-10)7-17-9(15)11(12,13)20-19-18-16/h8,14,16H,2-7H2,1H3. The van der Waals surface area contributed by atoms with E-state index < -0.39 is 34.8 Å². The quantitative estimate of drug-likeness (QED) is 0.323. The number of hydrogen-bond acceptors (Lipinski definition) is 7. The maximum atomic E-state index is 13.2. The van der Waals surface area contributed by atoms with Crippen molar-refractivity contribution in [1.82, 2.24) is 0 Å². The van der Waals surface area contributed by atoms with Gasteiger partial charge in [-0.05, 0) is 25.7 Å². The highest BCUT2D eigenvalue weighted by molar-refractivity contribution is 7.96. The van der Waals surface area contributed by atoms with Crippen molar-refractivity contribution in [3.8, 4) is 0 Å². The second-order valence-electron chi connectivity index (χ2n) is 4.92. The number of rotatable bonds is 7. The lowest BCUT2D eigenvalue weighted by Gasteiger charge is -2.38. The van der Waals surface area contributed by atoms with Crippen LogP contribution < -0.4 is 0 Å². The zero-order valence-electron chi connectivity index (χ0n) is 11.0. The van der Waals surface area contributed by atoms with E-state index in [2.05, 4.69) is 14.1 Å². The van der Waals surface area contributed by atoms with E-state index in [-0.39, 0.29) is 6.61 Å². The van der Waals surface area contributed by atoms with Gasteiger partial charge in [0.15, 0.2) is 0 Å². The molecule has 0 bridgehead atoms. The van der Waals surface area contributed by atoms with Crippen LogP contribution in [-0.2, 0) is 18.9 Å². The molecule has 20 heavy (non-hydrogen) atoms. The lowest BCUT2D eigenvalue weighted by molar-refractivity contribution is -0.433. The predicted octanol–water partition coefficient (Wildman–Crippen LogP) is 2.52. The number of halogens is 2. The molecule has 0 aromatic carbocycles. The fourth-order valence-corrected chi connectivity index (χ4v) is 2.61. The topological polar surface area (TPSA) is 85.2 Å². The largest absolute Gasteiger partial charge is 0.460 e. The van der Waals surface area contributed by atoms with Crippen molar-refractivity contribution in [2.45, 2.75) is 50.4 Å². The van der Waals surface area contributed by atoms with Crippen LogP contribution in [0.2, 0.25) is 0 Å². The molecule has 6 nitrogen and oxygen atoms in total. The molecule has 0 spiro atoms. The summed E-state index contributed by atoms with van der Waals surface area (Å²) in [5.74, 6) is -1.77. The third kappa shape index (κ3) is 4.81. The van der Waals surface area contributed by atoms with Gasteiger partial charge in [0.2, 0.25) is 0 Å². The molecule has 1 aliphatic carbocycles. The van der Waals surface area contributed by atoms with Crippen molar-refractivity contribution in [2.24, 2.45) is 5.41 Å². The molecule has 2 unspecified atom stereocenters. The van der Waals surface area contributed by atoms with Crippen molar-refractivity contribution in [1.29, 1.82) is 0 Å². The molecule has 1 saturated carbocycles. The summed E-state index contributed by atoms with van der Waals surface area (Å²) in [5, 5.41) is 16.5. The molecule has 1 fully saturated rings. The number of esters is 1. The smallest absolute Gasteiger partial charge is 0.415 e. The molecule has 0 saturated heterocycles. The first-order valence-corrected chi connectivity index (χ1v) is 6.98. The third-order valence-corrected chi connectivity index (χ3v) is 4.08. The van der Waals surface area contributed by atoms with E-state index in [1.807, 2.05) is 6.92 Å². The molecule has 0 aromatic rings. The van der Waals surface area contributed by atoms with Crippen LogP contribution in [0.3, 0.4) is 0 Å². The monoisotopic (exact) mass is 316 g/mol. The Labute approximate surface area is 119 Å². The Balaban J connectivity index is 2.53. The molecule has 1 aliphatic rings.